The SMILES string of the molecule is CNC(=O)[C@@H](C)N(C)Cc1ccc(C(C)=O)cc1. The van der Waals surface area contributed by atoms with Crippen molar-refractivity contribution in [3.05, 3.63) is 35.4 Å². The van der Waals surface area contributed by atoms with Crippen LogP contribution >= 0.6 is 0 Å². The van der Waals surface area contributed by atoms with Gasteiger partial charge in [-0.15, -0.1) is 0 Å². The number of amides is 1. The molecular weight excluding hydrogens is 228 g/mol. The van der Waals surface area contributed by atoms with Crippen molar-refractivity contribution in [2.45, 2.75) is 26.4 Å². The van der Waals surface area contributed by atoms with Crippen molar-refractivity contribution in [3.8, 4) is 0 Å². The smallest absolute Gasteiger partial charge is 0.236 e. The van der Waals surface area contributed by atoms with Crippen molar-refractivity contribution >= 4 is 11.7 Å². The lowest BCUT2D eigenvalue weighted by molar-refractivity contribution is -0.125. The van der Waals surface area contributed by atoms with Crippen molar-refractivity contribution in [1.29, 1.82) is 0 Å². The number of likely N-dealkylation sites (N-methyl/N-ethyl adjacent to an activating group) is 2. The minimum Gasteiger partial charge on any atom is -0.358 e. The Morgan fingerprint density at radius 3 is 2.28 bits per heavy atom. The number of ketones is 1. The molecule has 1 amide bonds. The molecule has 0 aliphatic rings. The van der Waals surface area contributed by atoms with Crippen LogP contribution in [-0.4, -0.2) is 36.7 Å². The Labute approximate surface area is 108 Å². The zero-order chi connectivity index (χ0) is 13.7. The van der Waals surface area contributed by atoms with E-state index in [1.165, 1.54) is 0 Å². The van der Waals surface area contributed by atoms with E-state index in [0.29, 0.717) is 12.1 Å². The molecule has 0 saturated carbocycles. The van der Waals surface area contributed by atoms with Gasteiger partial charge in [0.15, 0.2) is 5.78 Å². The molecule has 1 aromatic carbocycles. The van der Waals surface area contributed by atoms with Crippen LogP contribution in [0.4, 0.5) is 0 Å². The van der Waals surface area contributed by atoms with Crippen LogP contribution in [0.5, 0.6) is 0 Å². The number of hydrogen-bond donors (Lipinski definition) is 1. The van der Waals surface area contributed by atoms with E-state index in [0.717, 1.165) is 5.56 Å². The van der Waals surface area contributed by atoms with Crippen molar-refractivity contribution in [3.63, 3.8) is 0 Å². The maximum Gasteiger partial charge on any atom is 0.236 e. The number of carbonyl (C=O) groups excluding carboxylic acids is 2. The third kappa shape index (κ3) is 3.67. The Balaban J connectivity index is 2.67. The highest BCUT2D eigenvalue weighted by Crippen LogP contribution is 2.09. The Hall–Kier alpha value is -1.68. The first-order valence-electron chi connectivity index (χ1n) is 5.97. The molecule has 4 nitrogen and oxygen atoms in total. The van der Waals surface area contributed by atoms with Crippen LogP contribution in [0.3, 0.4) is 0 Å². The predicted molar refractivity (Wildman–Crippen MR) is 71.4 cm³/mol. The molecule has 0 aromatic heterocycles. The van der Waals surface area contributed by atoms with Crippen LogP contribution in [-0.2, 0) is 11.3 Å². The minimum atomic E-state index is -0.178. The van der Waals surface area contributed by atoms with E-state index in [9.17, 15) is 9.59 Å². The van der Waals surface area contributed by atoms with E-state index in [-0.39, 0.29) is 17.7 Å². The molecule has 0 spiro atoms. The summed E-state index contributed by atoms with van der Waals surface area (Å²) in [7, 11) is 3.53. The van der Waals surface area contributed by atoms with Crippen molar-refractivity contribution in [2.24, 2.45) is 0 Å². The van der Waals surface area contributed by atoms with Crippen LogP contribution in [0, 0.1) is 0 Å². The van der Waals surface area contributed by atoms with E-state index in [1.807, 2.05) is 43.1 Å². The van der Waals surface area contributed by atoms with E-state index < -0.39 is 0 Å². The lowest BCUT2D eigenvalue weighted by atomic mass is 10.1. The summed E-state index contributed by atoms with van der Waals surface area (Å²) in [6, 6.07) is 7.29. The fourth-order valence-corrected chi connectivity index (χ4v) is 1.68. The average molecular weight is 248 g/mol. The first-order valence-corrected chi connectivity index (χ1v) is 5.97. The van der Waals surface area contributed by atoms with Crippen LogP contribution in [0.1, 0.15) is 29.8 Å². The van der Waals surface area contributed by atoms with Crippen LogP contribution in [0.2, 0.25) is 0 Å². The van der Waals surface area contributed by atoms with Gasteiger partial charge in [0.05, 0.1) is 6.04 Å². The number of rotatable bonds is 5. The quantitative estimate of drug-likeness (QED) is 0.802. The lowest BCUT2D eigenvalue weighted by Gasteiger charge is -2.23. The van der Waals surface area contributed by atoms with Gasteiger partial charge in [-0.25, -0.2) is 0 Å². The molecule has 98 valence electrons. The number of Topliss-reactive ketones (excluding diaryl/α,β-unsaturated/α-hetero) is 1. The molecule has 1 atom stereocenters. The molecule has 1 rings (SSSR count). The summed E-state index contributed by atoms with van der Waals surface area (Å²) in [4.78, 5) is 24.6. The van der Waals surface area contributed by atoms with E-state index >= 15 is 0 Å². The second-order valence-electron chi connectivity index (χ2n) is 4.46. The largest absolute Gasteiger partial charge is 0.358 e. The van der Waals surface area contributed by atoms with E-state index in [1.54, 1.807) is 14.0 Å². The summed E-state index contributed by atoms with van der Waals surface area (Å²) in [5.74, 6) is 0.0616. The van der Waals surface area contributed by atoms with Gasteiger partial charge in [0.1, 0.15) is 0 Å². The van der Waals surface area contributed by atoms with Gasteiger partial charge in [-0.2, -0.15) is 0 Å². The topological polar surface area (TPSA) is 49.4 Å². The molecule has 1 aromatic rings. The fourth-order valence-electron chi connectivity index (χ4n) is 1.68. The summed E-state index contributed by atoms with van der Waals surface area (Å²) in [6.07, 6.45) is 0. The number of benzene rings is 1. The maximum absolute atomic E-state index is 11.5. The molecular formula is C14H20N2O2. The van der Waals surface area contributed by atoms with Crippen LogP contribution < -0.4 is 5.32 Å². The highest BCUT2D eigenvalue weighted by molar-refractivity contribution is 5.94. The Morgan fingerprint density at radius 2 is 1.83 bits per heavy atom. The highest BCUT2D eigenvalue weighted by Gasteiger charge is 2.16. The molecule has 0 bridgehead atoms. The molecule has 0 aliphatic carbocycles. The van der Waals surface area contributed by atoms with Gasteiger partial charge >= 0.3 is 0 Å². The van der Waals surface area contributed by atoms with E-state index in [4.69, 9.17) is 0 Å². The van der Waals surface area contributed by atoms with Gasteiger partial charge in [-0.1, -0.05) is 24.3 Å². The third-order valence-corrected chi connectivity index (χ3v) is 3.08. The summed E-state index contributed by atoms with van der Waals surface area (Å²) in [6.45, 7) is 4.09. The molecule has 0 fully saturated rings. The Bertz CT molecular complexity index is 426. The second kappa shape index (κ2) is 6.31. The van der Waals surface area contributed by atoms with Crippen LogP contribution in [0.15, 0.2) is 24.3 Å². The first-order chi connectivity index (χ1) is 8.45. The van der Waals surface area contributed by atoms with Crippen LogP contribution in [0.25, 0.3) is 0 Å². The normalized spacial score (nSPS) is 12.3. The molecule has 0 saturated heterocycles. The summed E-state index contributed by atoms with van der Waals surface area (Å²) in [5.41, 5.74) is 1.79. The standard InChI is InChI=1S/C14H20N2O2/c1-10(14(18)15-3)16(4)9-12-5-7-13(8-6-12)11(2)17/h5-8,10H,9H2,1-4H3,(H,15,18)/t10-/m1/s1. The molecule has 18 heavy (non-hydrogen) atoms. The molecule has 0 aliphatic heterocycles. The Kier molecular flexibility index (Phi) is 5.04. The summed E-state index contributed by atoms with van der Waals surface area (Å²) < 4.78 is 0. The molecule has 0 unspecified atom stereocenters. The zero-order valence-corrected chi connectivity index (χ0v) is 11.4. The zero-order valence-electron chi connectivity index (χ0n) is 11.4. The number of carbonyl (C=O) groups is 2. The van der Waals surface area contributed by atoms with Gasteiger partial charge in [0, 0.05) is 19.2 Å². The average Bonchev–Trinajstić information content (AvgIpc) is 2.37. The molecule has 1 N–H and O–H groups in total. The highest BCUT2D eigenvalue weighted by atomic mass is 16.2. The van der Waals surface area contributed by atoms with Crippen molar-refractivity contribution < 1.29 is 9.59 Å². The number of nitrogens with one attached hydrogen (secondary N) is 1. The second-order valence-corrected chi connectivity index (χ2v) is 4.46. The van der Waals surface area contributed by atoms with Crippen molar-refractivity contribution in [1.82, 2.24) is 10.2 Å². The maximum atomic E-state index is 11.5. The molecule has 4 heteroatoms. The predicted octanol–water partition coefficient (Wildman–Crippen LogP) is 1.46. The van der Waals surface area contributed by atoms with E-state index in [2.05, 4.69) is 5.32 Å². The number of hydrogen-bond acceptors (Lipinski definition) is 3. The Morgan fingerprint density at radius 1 is 1.28 bits per heavy atom. The molecule has 0 radical (unpaired) electrons. The first kappa shape index (κ1) is 14.4. The summed E-state index contributed by atoms with van der Waals surface area (Å²) >= 11 is 0. The minimum absolute atomic E-state index is 0.00199. The van der Waals surface area contributed by atoms with Gasteiger partial charge in [-0.05, 0) is 26.5 Å². The monoisotopic (exact) mass is 248 g/mol. The third-order valence-electron chi connectivity index (χ3n) is 3.08. The van der Waals surface area contributed by atoms with Gasteiger partial charge < -0.3 is 5.32 Å². The van der Waals surface area contributed by atoms with Crippen molar-refractivity contribution in [2.75, 3.05) is 14.1 Å². The van der Waals surface area contributed by atoms with Gasteiger partial charge in [0.25, 0.3) is 0 Å². The number of nitrogens with zero attached hydrogens (tertiary/aromatic N) is 1. The van der Waals surface area contributed by atoms with Gasteiger partial charge in [0.2, 0.25) is 5.91 Å². The summed E-state index contributed by atoms with van der Waals surface area (Å²) in [5, 5.41) is 2.63. The molecule has 0 heterocycles. The fraction of sp³-hybridized carbons (Fsp3) is 0.429. The lowest BCUT2D eigenvalue weighted by Crippen LogP contribution is -2.41. The van der Waals surface area contributed by atoms with Gasteiger partial charge in [-0.3, -0.25) is 14.5 Å².